The van der Waals surface area contributed by atoms with Gasteiger partial charge in [0.15, 0.2) is 0 Å². The molecular weight excluding hydrogens is 312 g/mol. The van der Waals surface area contributed by atoms with E-state index in [1.165, 1.54) is 11.1 Å². The van der Waals surface area contributed by atoms with E-state index >= 15 is 0 Å². The van der Waals surface area contributed by atoms with E-state index in [1.807, 2.05) is 49.4 Å². The van der Waals surface area contributed by atoms with Crippen molar-refractivity contribution in [3.05, 3.63) is 71.4 Å². The number of nitrogens with one attached hydrogen (secondary N) is 2. The zero-order valence-electron chi connectivity index (χ0n) is 14.7. The summed E-state index contributed by atoms with van der Waals surface area (Å²) in [4.78, 5) is 9.03. The third-order valence-corrected chi connectivity index (χ3v) is 3.92. The van der Waals surface area contributed by atoms with E-state index in [4.69, 9.17) is 4.74 Å². The van der Waals surface area contributed by atoms with Gasteiger partial charge in [0, 0.05) is 18.3 Å². The lowest BCUT2D eigenvalue weighted by Gasteiger charge is -2.13. The van der Waals surface area contributed by atoms with Gasteiger partial charge < -0.3 is 15.4 Å². The number of para-hydroxylation sites is 2. The molecule has 5 heteroatoms. The van der Waals surface area contributed by atoms with Crippen LogP contribution in [0, 0.1) is 13.8 Å². The Morgan fingerprint density at radius 1 is 0.960 bits per heavy atom. The summed E-state index contributed by atoms with van der Waals surface area (Å²) in [6.45, 7) is 4.74. The minimum atomic E-state index is 0.598. The third kappa shape index (κ3) is 4.26. The lowest BCUT2D eigenvalue weighted by Crippen LogP contribution is -2.07. The highest BCUT2D eigenvalue weighted by atomic mass is 16.5. The predicted molar refractivity (Wildman–Crippen MR) is 102 cm³/mol. The Hall–Kier alpha value is -3.08. The van der Waals surface area contributed by atoms with Crippen molar-refractivity contribution < 1.29 is 4.74 Å². The van der Waals surface area contributed by atoms with Crippen LogP contribution in [0.1, 0.15) is 16.8 Å². The van der Waals surface area contributed by atoms with E-state index < -0.39 is 0 Å². The Morgan fingerprint density at radius 2 is 1.72 bits per heavy atom. The van der Waals surface area contributed by atoms with Gasteiger partial charge in [0.1, 0.15) is 11.6 Å². The van der Waals surface area contributed by atoms with Gasteiger partial charge >= 0.3 is 0 Å². The number of ether oxygens (including phenoxy) is 1. The van der Waals surface area contributed by atoms with Crippen LogP contribution in [0.2, 0.25) is 0 Å². The standard InChI is InChI=1S/C20H22N4O/c1-14-8-4-5-9-16(14)13-21-20-22-15(2)12-19(24-20)23-17-10-6-7-11-18(17)25-3/h4-12H,13H2,1-3H3,(H2,21,22,23,24). The number of nitrogens with zero attached hydrogens (tertiary/aromatic N) is 2. The summed E-state index contributed by atoms with van der Waals surface area (Å²) < 4.78 is 5.37. The van der Waals surface area contributed by atoms with Crippen molar-refractivity contribution in [2.75, 3.05) is 17.7 Å². The molecular formula is C20H22N4O. The summed E-state index contributed by atoms with van der Waals surface area (Å²) in [6, 6.07) is 17.9. The zero-order valence-corrected chi connectivity index (χ0v) is 14.7. The van der Waals surface area contributed by atoms with Crippen LogP contribution in [0.25, 0.3) is 0 Å². The number of rotatable bonds is 6. The van der Waals surface area contributed by atoms with Gasteiger partial charge in [-0.3, -0.25) is 0 Å². The molecule has 0 spiro atoms. The molecule has 0 aliphatic rings. The van der Waals surface area contributed by atoms with Gasteiger partial charge in [-0.1, -0.05) is 36.4 Å². The van der Waals surface area contributed by atoms with Crippen molar-refractivity contribution in [3.8, 4) is 5.75 Å². The summed E-state index contributed by atoms with van der Waals surface area (Å²) >= 11 is 0. The van der Waals surface area contributed by atoms with Crippen LogP contribution in [0.4, 0.5) is 17.5 Å². The maximum Gasteiger partial charge on any atom is 0.225 e. The Bertz CT molecular complexity index is 864. The van der Waals surface area contributed by atoms with Crippen LogP contribution < -0.4 is 15.4 Å². The summed E-state index contributed by atoms with van der Waals surface area (Å²) in [5.74, 6) is 2.10. The first kappa shape index (κ1) is 16.8. The maximum absolute atomic E-state index is 5.37. The Morgan fingerprint density at radius 3 is 2.52 bits per heavy atom. The summed E-state index contributed by atoms with van der Waals surface area (Å²) in [5, 5.41) is 6.60. The SMILES string of the molecule is COc1ccccc1Nc1cc(C)nc(NCc2ccccc2C)n1. The van der Waals surface area contributed by atoms with E-state index in [9.17, 15) is 0 Å². The van der Waals surface area contributed by atoms with Crippen LogP contribution in [-0.2, 0) is 6.54 Å². The van der Waals surface area contributed by atoms with Crippen LogP contribution >= 0.6 is 0 Å². The summed E-state index contributed by atoms with van der Waals surface area (Å²) in [5.41, 5.74) is 4.23. The van der Waals surface area contributed by atoms with Crippen molar-refractivity contribution in [1.29, 1.82) is 0 Å². The Labute approximate surface area is 148 Å². The number of methoxy groups -OCH3 is 1. The smallest absolute Gasteiger partial charge is 0.225 e. The molecule has 3 rings (SSSR count). The first-order valence-electron chi connectivity index (χ1n) is 8.20. The van der Waals surface area contributed by atoms with Gasteiger partial charge in [-0.25, -0.2) is 4.98 Å². The average molecular weight is 334 g/mol. The molecule has 1 heterocycles. The fraction of sp³-hybridized carbons (Fsp3) is 0.200. The lowest BCUT2D eigenvalue weighted by atomic mass is 10.1. The van der Waals surface area contributed by atoms with Crippen LogP contribution in [0.3, 0.4) is 0 Å². The molecule has 0 amide bonds. The quantitative estimate of drug-likeness (QED) is 0.697. The van der Waals surface area contributed by atoms with Gasteiger partial charge in [0.05, 0.1) is 12.8 Å². The van der Waals surface area contributed by atoms with Crippen molar-refractivity contribution in [2.45, 2.75) is 20.4 Å². The summed E-state index contributed by atoms with van der Waals surface area (Å²) in [6.07, 6.45) is 0. The van der Waals surface area contributed by atoms with Gasteiger partial charge in [-0.05, 0) is 37.1 Å². The fourth-order valence-electron chi connectivity index (χ4n) is 2.58. The van der Waals surface area contributed by atoms with Crippen molar-refractivity contribution in [2.24, 2.45) is 0 Å². The van der Waals surface area contributed by atoms with Crippen LogP contribution in [0.15, 0.2) is 54.6 Å². The molecule has 0 aliphatic heterocycles. The number of aryl methyl sites for hydroxylation is 2. The van der Waals surface area contributed by atoms with E-state index in [0.29, 0.717) is 12.5 Å². The minimum Gasteiger partial charge on any atom is -0.495 e. The molecule has 2 N–H and O–H groups in total. The number of aromatic nitrogens is 2. The average Bonchev–Trinajstić information content (AvgIpc) is 2.61. The van der Waals surface area contributed by atoms with E-state index in [0.717, 1.165) is 22.9 Å². The highest BCUT2D eigenvalue weighted by molar-refractivity contribution is 5.64. The van der Waals surface area contributed by atoms with Gasteiger partial charge in [-0.2, -0.15) is 4.98 Å². The highest BCUT2D eigenvalue weighted by Gasteiger charge is 2.06. The molecule has 2 aromatic carbocycles. The highest BCUT2D eigenvalue weighted by Crippen LogP contribution is 2.26. The second kappa shape index (κ2) is 7.66. The number of anilines is 3. The fourth-order valence-corrected chi connectivity index (χ4v) is 2.58. The number of benzene rings is 2. The molecule has 0 aliphatic carbocycles. The Balaban J connectivity index is 1.77. The topological polar surface area (TPSA) is 59.1 Å². The first-order chi connectivity index (χ1) is 12.2. The van der Waals surface area contributed by atoms with Gasteiger partial charge in [0.25, 0.3) is 0 Å². The molecule has 0 saturated carbocycles. The molecule has 0 radical (unpaired) electrons. The molecule has 0 bridgehead atoms. The second-order valence-corrected chi connectivity index (χ2v) is 5.82. The van der Waals surface area contributed by atoms with Gasteiger partial charge in [-0.15, -0.1) is 0 Å². The first-order valence-corrected chi connectivity index (χ1v) is 8.20. The third-order valence-electron chi connectivity index (χ3n) is 3.92. The molecule has 25 heavy (non-hydrogen) atoms. The van der Waals surface area contributed by atoms with Crippen LogP contribution in [0.5, 0.6) is 5.75 Å². The van der Waals surface area contributed by atoms with E-state index in [1.54, 1.807) is 7.11 Å². The van der Waals surface area contributed by atoms with Crippen molar-refractivity contribution in [1.82, 2.24) is 9.97 Å². The largest absolute Gasteiger partial charge is 0.495 e. The molecule has 128 valence electrons. The molecule has 5 nitrogen and oxygen atoms in total. The van der Waals surface area contributed by atoms with E-state index in [2.05, 4.69) is 39.7 Å². The second-order valence-electron chi connectivity index (χ2n) is 5.82. The van der Waals surface area contributed by atoms with E-state index in [-0.39, 0.29) is 0 Å². The lowest BCUT2D eigenvalue weighted by molar-refractivity contribution is 0.417. The Kier molecular flexibility index (Phi) is 5.14. The van der Waals surface area contributed by atoms with Gasteiger partial charge in [0.2, 0.25) is 5.95 Å². The molecule has 0 saturated heterocycles. The molecule has 0 unspecified atom stereocenters. The van der Waals surface area contributed by atoms with Crippen molar-refractivity contribution in [3.63, 3.8) is 0 Å². The molecule has 3 aromatic rings. The minimum absolute atomic E-state index is 0.598. The zero-order chi connectivity index (χ0) is 17.6. The number of hydrogen-bond donors (Lipinski definition) is 2. The summed E-state index contributed by atoms with van der Waals surface area (Å²) in [7, 11) is 1.65. The molecule has 1 aromatic heterocycles. The maximum atomic E-state index is 5.37. The van der Waals surface area contributed by atoms with Crippen molar-refractivity contribution >= 4 is 17.5 Å². The normalized spacial score (nSPS) is 10.4. The van der Waals surface area contributed by atoms with Crippen LogP contribution in [-0.4, -0.2) is 17.1 Å². The molecule has 0 atom stereocenters. The molecule has 0 fully saturated rings. The monoisotopic (exact) mass is 334 g/mol. The number of hydrogen-bond acceptors (Lipinski definition) is 5. The predicted octanol–water partition coefficient (Wildman–Crippen LogP) is 4.46.